The summed E-state index contributed by atoms with van der Waals surface area (Å²) in [5.74, 6) is 0.217. The van der Waals surface area contributed by atoms with Crippen molar-refractivity contribution in [2.45, 2.75) is 6.10 Å². The molecule has 0 aliphatic carbocycles. The maximum Gasteiger partial charge on any atom is 0.0847 e. The van der Waals surface area contributed by atoms with Crippen LogP contribution in [0.2, 0.25) is 5.02 Å². The number of alkyl halides is 1. The number of hydrogen-bond acceptors (Lipinski definition) is 2. The average molecular weight is 299 g/mol. The van der Waals surface area contributed by atoms with Crippen LogP contribution in [0.4, 0.5) is 5.69 Å². The van der Waals surface area contributed by atoms with Gasteiger partial charge in [-0.1, -0.05) is 27.5 Å². The van der Waals surface area contributed by atoms with Crippen molar-refractivity contribution < 1.29 is 5.11 Å². The molecule has 1 aromatic rings. The highest BCUT2D eigenvalue weighted by molar-refractivity contribution is 9.10. The number of halogens is 3. The van der Waals surface area contributed by atoms with Crippen LogP contribution in [0.25, 0.3) is 0 Å². The van der Waals surface area contributed by atoms with Gasteiger partial charge in [0.15, 0.2) is 0 Å². The van der Waals surface area contributed by atoms with Crippen molar-refractivity contribution >= 4 is 44.8 Å². The summed E-state index contributed by atoms with van der Waals surface area (Å²) in [5, 5.41) is 12.9. The van der Waals surface area contributed by atoms with Crippen LogP contribution >= 0.6 is 39.1 Å². The standard InChI is InChI=1S/C9H10BrCl2NO/c10-6-1-7(12)3-8(2-6)13-5-9(14)4-11/h1-3,9,13-14H,4-5H2. The van der Waals surface area contributed by atoms with Crippen molar-refractivity contribution in [2.75, 3.05) is 17.7 Å². The first kappa shape index (κ1) is 12.1. The van der Waals surface area contributed by atoms with Gasteiger partial charge in [0.05, 0.1) is 12.0 Å². The topological polar surface area (TPSA) is 32.3 Å². The van der Waals surface area contributed by atoms with E-state index in [4.69, 9.17) is 23.2 Å². The number of nitrogens with one attached hydrogen (secondary N) is 1. The third kappa shape index (κ3) is 4.05. The van der Waals surface area contributed by atoms with Crippen molar-refractivity contribution in [2.24, 2.45) is 0 Å². The van der Waals surface area contributed by atoms with Crippen molar-refractivity contribution in [1.82, 2.24) is 0 Å². The lowest BCUT2D eigenvalue weighted by molar-refractivity contribution is 0.211. The summed E-state index contributed by atoms with van der Waals surface area (Å²) in [6.45, 7) is 0.413. The fourth-order valence-electron chi connectivity index (χ4n) is 0.946. The van der Waals surface area contributed by atoms with Crippen LogP contribution in [-0.4, -0.2) is 23.6 Å². The van der Waals surface area contributed by atoms with Gasteiger partial charge in [-0.25, -0.2) is 0 Å². The largest absolute Gasteiger partial charge is 0.390 e. The molecule has 2 nitrogen and oxygen atoms in total. The van der Waals surface area contributed by atoms with Gasteiger partial charge in [0, 0.05) is 21.7 Å². The maximum absolute atomic E-state index is 9.22. The number of hydrogen-bond donors (Lipinski definition) is 2. The van der Waals surface area contributed by atoms with Gasteiger partial charge >= 0.3 is 0 Å². The van der Waals surface area contributed by atoms with Crippen LogP contribution in [0.15, 0.2) is 22.7 Å². The minimum Gasteiger partial charge on any atom is -0.390 e. The van der Waals surface area contributed by atoms with E-state index >= 15 is 0 Å². The first-order valence-corrected chi connectivity index (χ1v) is 5.76. The normalized spacial score (nSPS) is 12.6. The van der Waals surface area contributed by atoms with E-state index < -0.39 is 6.10 Å². The fourth-order valence-corrected chi connectivity index (χ4v) is 1.92. The van der Waals surface area contributed by atoms with Gasteiger partial charge in [0.2, 0.25) is 0 Å². The van der Waals surface area contributed by atoms with Crippen molar-refractivity contribution in [1.29, 1.82) is 0 Å². The molecule has 5 heteroatoms. The van der Waals surface area contributed by atoms with E-state index in [2.05, 4.69) is 21.2 Å². The van der Waals surface area contributed by atoms with E-state index in [9.17, 15) is 5.11 Å². The highest BCUT2D eigenvalue weighted by Gasteiger charge is 2.02. The summed E-state index contributed by atoms with van der Waals surface area (Å²) in [7, 11) is 0. The molecule has 1 rings (SSSR count). The lowest BCUT2D eigenvalue weighted by atomic mass is 10.3. The molecule has 0 fully saturated rings. The lowest BCUT2D eigenvalue weighted by Crippen LogP contribution is -2.20. The smallest absolute Gasteiger partial charge is 0.0847 e. The Morgan fingerprint density at radius 1 is 1.43 bits per heavy atom. The molecule has 0 aliphatic rings. The van der Waals surface area contributed by atoms with Crippen LogP contribution in [0, 0.1) is 0 Å². The summed E-state index contributed by atoms with van der Waals surface area (Å²) < 4.78 is 0.896. The van der Waals surface area contributed by atoms with Gasteiger partial charge in [0.25, 0.3) is 0 Å². The number of aliphatic hydroxyl groups excluding tert-OH is 1. The minimum absolute atomic E-state index is 0.217. The third-order valence-electron chi connectivity index (χ3n) is 1.58. The molecule has 1 unspecified atom stereocenters. The molecular weight excluding hydrogens is 289 g/mol. The Morgan fingerprint density at radius 3 is 2.71 bits per heavy atom. The molecule has 78 valence electrons. The SMILES string of the molecule is OC(CCl)CNc1cc(Cl)cc(Br)c1. The second kappa shape index (κ2) is 5.81. The average Bonchev–Trinajstić information content (AvgIpc) is 2.12. The molecule has 0 radical (unpaired) electrons. The molecule has 0 spiro atoms. The molecule has 1 atom stereocenters. The van der Waals surface area contributed by atoms with Gasteiger partial charge in [-0.15, -0.1) is 11.6 Å². The van der Waals surface area contributed by atoms with Crippen molar-refractivity contribution in [3.05, 3.63) is 27.7 Å². The quantitative estimate of drug-likeness (QED) is 0.837. The summed E-state index contributed by atoms with van der Waals surface area (Å²) in [4.78, 5) is 0. The summed E-state index contributed by atoms with van der Waals surface area (Å²) in [6.07, 6.45) is -0.547. The second-order valence-electron chi connectivity index (χ2n) is 2.85. The minimum atomic E-state index is -0.547. The van der Waals surface area contributed by atoms with Gasteiger partial charge in [-0.2, -0.15) is 0 Å². The fraction of sp³-hybridized carbons (Fsp3) is 0.333. The molecule has 1 aromatic carbocycles. The molecule has 0 saturated carbocycles. The number of aliphatic hydroxyl groups is 1. The zero-order valence-electron chi connectivity index (χ0n) is 7.30. The molecule has 0 aliphatic heterocycles. The molecule has 14 heavy (non-hydrogen) atoms. The van der Waals surface area contributed by atoms with E-state index in [1.165, 1.54) is 0 Å². The van der Waals surface area contributed by atoms with Crippen LogP contribution < -0.4 is 5.32 Å². The summed E-state index contributed by atoms with van der Waals surface area (Å²) in [6, 6.07) is 5.46. The monoisotopic (exact) mass is 297 g/mol. The van der Waals surface area contributed by atoms with E-state index in [-0.39, 0.29) is 5.88 Å². The van der Waals surface area contributed by atoms with Crippen LogP contribution in [0.3, 0.4) is 0 Å². The summed E-state index contributed by atoms with van der Waals surface area (Å²) >= 11 is 14.6. The predicted molar refractivity (Wildman–Crippen MR) is 64.4 cm³/mol. The molecule has 0 saturated heterocycles. The Labute approximate surface area is 101 Å². The van der Waals surface area contributed by atoms with E-state index in [1.807, 2.05) is 6.07 Å². The highest BCUT2D eigenvalue weighted by Crippen LogP contribution is 2.22. The van der Waals surface area contributed by atoms with E-state index in [1.54, 1.807) is 12.1 Å². The number of benzene rings is 1. The Morgan fingerprint density at radius 2 is 2.14 bits per heavy atom. The Kier molecular flexibility index (Phi) is 5.02. The molecule has 0 bridgehead atoms. The zero-order valence-corrected chi connectivity index (χ0v) is 10.4. The van der Waals surface area contributed by atoms with E-state index in [0.717, 1.165) is 10.2 Å². The molecule has 0 amide bonds. The van der Waals surface area contributed by atoms with Crippen LogP contribution in [0.1, 0.15) is 0 Å². The Hall–Kier alpha value is 0.0400. The first-order chi connectivity index (χ1) is 6.61. The lowest BCUT2D eigenvalue weighted by Gasteiger charge is -2.10. The van der Waals surface area contributed by atoms with Crippen molar-refractivity contribution in [3.8, 4) is 0 Å². The maximum atomic E-state index is 9.22. The zero-order chi connectivity index (χ0) is 10.6. The molecule has 0 aromatic heterocycles. The summed E-state index contributed by atoms with van der Waals surface area (Å²) in [5.41, 5.74) is 0.855. The Bertz CT molecular complexity index is 289. The second-order valence-corrected chi connectivity index (χ2v) is 4.51. The van der Waals surface area contributed by atoms with E-state index in [0.29, 0.717) is 11.6 Å². The molecule has 0 heterocycles. The number of rotatable bonds is 4. The highest BCUT2D eigenvalue weighted by atomic mass is 79.9. The first-order valence-electron chi connectivity index (χ1n) is 4.06. The van der Waals surface area contributed by atoms with Gasteiger partial charge in [-0.05, 0) is 18.2 Å². The van der Waals surface area contributed by atoms with Crippen molar-refractivity contribution in [3.63, 3.8) is 0 Å². The van der Waals surface area contributed by atoms with Crippen LogP contribution in [-0.2, 0) is 0 Å². The third-order valence-corrected chi connectivity index (χ3v) is 2.61. The Balaban J connectivity index is 2.58. The molecular formula is C9H10BrCl2NO. The predicted octanol–water partition coefficient (Wildman–Crippen LogP) is 3.11. The van der Waals surface area contributed by atoms with Gasteiger partial charge in [0.1, 0.15) is 0 Å². The van der Waals surface area contributed by atoms with Gasteiger partial charge < -0.3 is 10.4 Å². The van der Waals surface area contributed by atoms with Crippen LogP contribution in [0.5, 0.6) is 0 Å². The molecule has 2 N–H and O–H groups in total. The van der Waals surface area contributed by atoms with Gasteiger partial charge in [-0.3, -0.25) is 0 Å². The number of anilines is 1.